The van der Waals surface area contributed by atoms with Crippen LogP contribution < -0.4 is 0 Å². The molecule has 0 aromatic carbocycles. The minimum atomic E-state index is -5.01. The second-order valence-corrected chi connectivity index (χ2v) is 27.4. The predicted octanol–water partition coefficient (Wildman–Crippen LogP) is 21.7. The molecule has 0 saturated carbocycles. The van der Waals surface area contributed by atoms with Gasteiger partial charge < -0.3 is 33.8 Å². The third-order valence-electron chi connectivity index (χ3n) is 15.0. The van der Waals surface area contributed by atoms with Gasteiger partial charge in [-0.1, -0.05) is 276 Å². The first-order valence-corrected chi connectivity index (χ1v) is 40.7. The molecule has 19 heteroatoms. The summed E-state index contributed by atoms with van der Waals surface area (Å²) in [4.78, 5) is 72.7. The summed E-state index contributed by atoms with van der Waals surface area (Å²) in [5.41, 5.74) is 0. The number of phosphoric ester groups is 2. The first-order chi connectivity index (χ1) is 48.7. The third-order valence-corrected chi connectivity index (χ3v) is 16.9. The number of unbranched alkanes of at least 4 members (excludes halogenated alkanes) is 18. The quantitative estimate of drug-likeness (QED) is 0.0169. The van der Waals surface area contributed by atoms with E-state index >= 15 is 0 Å². The van der Waals surface area contributed by atoms with Gasteiger partial charge in [0, 0.05) is 19.3 Å². The van der Waals surface area contributed by atoms with Gasteiger partial charge in [0.2, 0.25) is 0 Å². The molecule has 5 unspecified atom stereocenters. The van der Waals surface area contributed by atoms with Crippen LogP contribution in [-0.2, 0) is 65.4 Å². The van der Waals surface area contributed by atoms with Crippen LogP contribution >= 0.6 is 15.6 Å². The van der Waals surface area contributed by atoms with Gasteiger partial charge in [-0.05, 0) is 128 Å². The highest BCUT2D eigenvalue weighted by atomic mass is 31.2. The summed E-state index contributed by atoms with van der Waals surface area (Å²) in [6.07, 6.45) is 82.8. The van der Waals surface area contributed by atoms with Gasteiger partial charge in [0.25, 0.3) is 0 Å². The van der Waals surface area contributed by atoms with E-state index < -0.39 is 97.5 Å². The van der Waals surface area contributed by atoms with E-state index in [1.165, 1.54) is 38.5 Å². The average Bonchev–Trinajstić information content (AvgIpc) is 0.926. The molecule has 0 radical (unpaired) electrons. The zero-order valence-corrected chi connectivity index (χ0v) is 63.6. The SMILES string of the molecule is CC/C=C\C/C=C\C/C=C\C/C=C\C/C=C\CC(=O)OC(COC(=O)CCCCCCCC/C=C\C/C=C\C/C=C\C/C=C\CC)COP(=O)(O)OCC(O)COP(=O)(O)OCC(COC(=O)CCCC/C=C\C/C=C\C/C=C\C/C=C\CC)OC(=O)CCCCCCCCCCCCC. The topological polar surface area (TPSA) is 237 Å². The van der Waals surface area contributed by atoms with Crippen LogP contribution in [0.15, 0.2) is 158 Å². The Morgan fingerprint density at radius 3 is 0.910 bits per heavy atom. The number of hydrogen-bond donors (Lipinski definition) is 3. The minimum absolute atomic E-state index is 0.0809. The molecule has 0 bridgehead atoms. The molecular weight excluding hydrogens is 1310 g/mol. The Morgan fingerprint density at radius 2 is 0.560 bits per heavy atom. The van der Waals surface area contributed by atoms with Crippen molar-refractivity contribution >= 4 is 39.5 Å². The third kappa shape index (κ3) is 71.1. The number of carbonyl (C=O) groups excluding carboxylic acids is 4. The summed E-state index contributed by atoms with van der Waals surface area (Å²) in [6.45, 7) is 4.32. The lowest BCUT2D eigenvalue weighted by Crippen LogP contribution is -2.30. The maximum atomic E-state index is 13.1. The highest BCUT2D eigenvalue weighted by Gasteiger charge is 2.30. The Labute approximate surface area is 604 Å². The Morgan fingerprint density at radius 1 is 0.300 bits per heavy atom. The standard InChI is InChI=1S/C81H132O17P2/c1-5-9-13-17-21-25-29-32-35-36-37-38-41-43-47-50-54-58-62-66-79(84)92-72-77(98-81(86)68-64-60-56-52-48-44-40-34-31-27-23-19-15-11-7-3)74-96-100(89,90)94-70-75(82)69-93-99(87,88)95-73-76(97-80(85)67-63-59-55-51-45-28-24-20-16-12-8-4)71-91-78(83)65-61-57-53-49-46-42-39-33-30-26-22-18-14-10-6-2/h9-11,13-15,21-23,25-27,32-35,37-40,46,48-49,52,60,64,75-77,82H,5-8,12,16-20,24,28-31,36,41-45,47,50-51,53-59,61-63,65-74H2,1-4H3,(H,87,88)(H,89,90)/b13-9-,14-10-,15-11-,25-21-,26-22-,27-23-,35-32-,38-37-,39-33-,40-34-,49-46-,52-48-,64-60-. The van der Waals surface area contributed by atoms with Crippen molar-refractivity contribution in [2.75, 3.05) is 39.6 Å². The van der Waals surface area contributed by atoms with Crippen molar-refractivity contribution in [1.82, 2.24) is 0 Å². The number of phosphoric acid groups is 2. The molecule has 100 heavy (non-hydrogen) atoms. The number of hydrogen-bond acceptors (Lipinski definition) is 15. The smallest absolute Gasteiger partial charge is 0.462 e. The number of carbonyl (C=O) groups is 4. The van der Waals surface area contributed by atoms with E-state index in [-0.39, 0.29) is 25.7 Å². The van der Waals surface area contributed by atoms with E-state index in [1.807, 2.05) is 12.2 Å². The molecule has 17 nitrogen and oxygen atoms in total. The van der Waals surface area contributed by atoms with Crippen LogP contribution in [0.3, 0.4) is 0 Å². The lowest BCUT2D eigenvalue weighted by molar-refractivity contribution is -0.161. The van der Waals surface area contributed by atoms with Gasteiger partial charge >= 0.3 is 39.5 Å². The molecule has 0 heterocycles. The number of rotatable bonds is 69. The van der Waals surface area contributed by atoms with Crippen LogP contribution in [0.2, 0.25) is 0 Å². The van der Waals surface area contributed by atoms with Gasteiger partial charge in [-0.25, -0.2) is 9.13 Å². The summed E-state index contributed by atoms with van der Waals surface area (Å²) < 4.78 is 68.2. The second-order valence-electron chi connectivity index (χ2n) is 24.5. The highest BCUT2D eigenvalue weighted by Crippen LogP contribution is 2.45. The van der Waals surface area contributed by atoms with Crippen molar-refractivity contribution in [3.05, 3.63) is 158 Å². The molecule has 5 atom stereocenters. The lowest BCUT2D eigenvalue weighted by Gasteiger charge is -2.21. The zero-order chi connectivity index (χ0) is 73.2. The van der Waals surface area contributed by atoms with Gasteiger partial charge in [-0.3, -0.25) is 37.3 Å². The van der Waals surface area contributed by atoms with Crippen molar-refractivity contribution < 1.29 is 80.2 Å². The van der Waals surface area contributed by atoms with Crippen LogP contribution in [0.25, 0.3) is 0 Å². The normalized spacial score (nSPS) is 14.8. The van der Waals surface area contributed by atoms with E-state index in [0.717, 1.165) is 154 Å². The van der Waals surface area contributed by atoms with Gasteiger partial charge in [-0.2, -0.15) is 0 Å². The lowest BCUT2D eigenvalue weighted by atomic mass is 10.1. The molecule has 0 aromatic rings. The maximum Gasteiger partial charge on any atom is 0.472 e. The van der Waals surface area contributed by atoms with Crippen molar-refractivity contribution in [2.45, 2.75) is 290 Å². The number of esters is 4. The number of aliphatic hydroxyl groups is 1. The van der Waals surface area contributed by atoms with Crippen molar-refractivity contribution in [1.29, 1.82) is 0 Å². The van der Waals surface area contributed by atoms with Crippen molar-refractivity contribution in [3.8, 4) is 0 Å². The number of allylic oxidation sites excluding steroid dienone is 25. The fourth-order valence-corrected chi connectivity index (χ4v) is 11.0. The molecular formula is C81H132O17P2. The molecule has 0 aliphatic rings. The second kappa shape index (κ2) is 72.0. The Balaban J connectivity index is 5.44. The molecule has 0 aliphatic heterocycles. The summed E-state index contributed by atoms with van der Waals surface area (Å²) in [5, 5.41) is 10.6. The fourth-order valence-electron chi connectivity index (χ4n) is 9.39. The van der Waals surface area contributed by atoms with Crippen LogP contribution in [0.4, 0.5) is 0 Å². The van der Waals surface area contributed by atoms with Crippen molar-refractivity contribution in [2.24, 2.45) is 0 Å². The number of aliphatic hydroxyl groups excluding tert-OH is 1. The monoisotopic (exact) mass is 1440 g/mol. The minimum Gasteiger partial charge on any atom is -0.462 e. The predicted molar refractivity (Wildman–Crippen MR) is 408 cm³/mol. The highest BCUT2D eigenvalue weighted by molar-refractivity contribution is 7.47. The Bertz CT molecular complexity index is 2520. The van der Waals surface area contributed by atoms with Gasteiger partial charge in [-0.15, -0.1) is 0 Å². The van der Waals surface area contributed by atoms with Gasteiger partial charge in [0.1, 0.15) is 19.3 Å². The van der Waals surface area contributed by atoms with Crippen LogP contribution in [0.1, 0.15) is 272 Å². The number of ether oxygens (including phenoxy) is 4. The Hall–Kier alpha value is -5.32. The van der Waals surface area contributed by atoms with Crippen LogP contribution in [0.5, 0.6) is 0 Å². The van der Waals surface area contributed by atoms with Crippen LogP contribution in [-0.4, -0.2) is 96.7 Å². The van der Waals surface area contributed by atoms with E-state index in [1.54, 1.807) is 12.2 Å². The maximum absolute atomic E-state index is 13.1. The largest absolute Gasteiger partial charge is 0.472 e. The first kappa shape index (κ1) is 94.7. The van der Waals surface area contributed by atoms with Gasteiger partial charge in [0.15, 0.2) is 12.2 Å². The summed E-state index contributed by atoms with van der Waals surface area (Å²) >= 11 is 0. The molecule has 0 fully saturated rings. The van der Waals surface area contributed by atoms with E-state index in [2.05, 4.69) is 161 Å². The van der Waals surface area contributed by atoms with Gasteiger partial charge in [0.05, 0.1) is 32.8 Å². The van der Waals surface area contributed by atoms with E-state index in [0.29, 0.717) is 25.7 Å². The summed E-state index contributed by atoms with van der Waals surface area (Å²) in [5.74, 6) is -2.40. The summed E-state index contributed by atoms with van der Waals surface area (Å²) in [6, 6.07) is 0. The van der Waals surface area contributed by atoms with Crippen LogP contribution in [0, 0.1) is 0 Å². The molecule has 0 rings (SSSR count). The average molecular weight is 1440 g/mol. The molecule has 0 saturated heterocycles. The van der Waals surface area contributed by atoms with E-state index in [9.17, 15) is 43.2 Å². The molecule has 0 amide bonds. The molecule has 3 N–H and O–H groups in total. The molecule has 0 spiro atoms. The van der Waals surface area contributed by atoms with E-state index in [4.69, 9.17) is 37.0 Å². The first-order valence-electron chi connectivity index (χ1n) is 37.7. The molecule has 0 aliphatic carbocycles. The zero-order valence-electron chi connectivity index (χ0n) is 61.8. The fraction of sp³-hybridized carbons (Fsp3) is 0.630. The Kier molecular flexibility index (Phi) is 68.2. The molecule has 568 valence electrons. The van der Waals surface area contributed by atoms with Crippen molar-refractivity contribution in [3.63, 3.8) is 0 Å². The molecule has 0 aromatic heterocycles. The summed E-state index contributed by atoms with van der Waals surface area (Å²) in [7, 11) is -10.0.